The Morgan fingerprint density at radius 1 is 1.21 bits per heavy atom. The van der Waals surface area contributed by atoms with Gasteiger partial charge in [-0.3, -0.25) is 9.59 Å². The Bertz CT molecular complexity index is 197. The van der Waals surface area contributed by atoms with Gasteiger partial charge in [0.05, 0.1) is 0 Å². The second-order valence-corrected chi connectivity index (χ2v) is 3.89. The van der Waals surface area contributed by atoms with E-state index in [0.29, 0.717) is 13.0 Å². The molecule has 1 amide bonds. The van der Waals surface area contributed by atoms with Crippen LogP contribution >= 0.6 is 23.2 Å². The van der Waals surface area contributed by atoms with E-state index in [9.17, 15) is 9.59 Å². The van der Waals surface area contributed by atoms with Gasteiger partial charge in [0.2, 0.25) is 0 Å². The van der Waals surface area contributed by atoms with Crippen molar-refractivity contribution in [1.82, 2.24) is 5.32 Å². The van der Waals surface area contributed by atoms with Gasteiger partial charge in [-0.15, -0.1) is 0 Å². The fourth-order valence-electron chi connectivity index (χ4n) is 0.867. The third kappa shape index (κ3) is 8.13. The minimum absolute atomic E-state index is 0.168. The van der Waals surface area contributed by atoms with Gasteiger partial charge in [-0.05, 0) is 12.8 Å². The van der Waals surface area contributed by atoms with Crippen LogP contribution in [0.2, 0.25) is 0 Å². The Balaban J connectivity index is 3.22. The first-order chi connectivity index (χ1) is 6.54. The third-order valence-electron chi connectivity index (χ3n) is 1.56. The predicted octanol–water partition coefficient (Wildman–Crippen LogP) is 1.55. The van der Waals surface area contributed by atoms with E-state index in [0.717, 1.165) is 12.8 Å². The summed E-state index contributed by atoms with van der Waals surface area (Å²) in [7, 11) is 0. The number of alkyl halides is 2. The smallest absolute Gasteiger partial charge is 0.303 e. The van der Waals surface area contributed by atoms with Crippen molar-refractivity contribution < 1.29 is 14.7 Å². The Hall–Kier alpha value is -0.480. The number of carboxylic acid groups (broad SMARTS) is 1. The summed E-state index contributed by atoms with van der Waals surface area (Å²) in [6.07, 6.45) is 2.29. The van der Waals surface area contributed by atoms with Crippen LogP contribution in [0.1, 0.15) is 25.7 Å². The van der Waals surface area contributed by atoms with Gasteiger partial charge in [0.1, 0.15) is 0 Å². The molecule has 0 saturated carbocycles. The second-order valence-electron chi connectivity index (χ2n) is 2.80. The molecule has 0 unspecified atom stereocenters. The maximum atomic E-state index is 10.8. The fourth-order valence-corrected chi connectivity index (χ4v) is 1.02. The van der Waals surface area contributed by atoms with Crippen LogP contribution in [0.3, 0.4) is 0 Å². The topological polar surface area (TPSA) is 66.4 Å². The van der Waals surface area contributed by atoms with E-state index in [1.54, 1.807) is 0 Å². The SMILES string of the molecule is O=C(O)CCCCCNC(=O)C(Cl)Cl. The summed E-state index contributed by atoms with van der Waals surface area (Å²) in [5.41, 5.74) is 0. The van der Waals surface area contributed by atoms with Crippen LogP contribution in [0.25, 0.3) is 0 Å². The van der Waals surface area contributed by atoms with E-state index in [4.69, 9.17) is 28.3 Å². The number of nitrogens with one attached hydrogen (secondary N) is 1. The number of carboxylic acids is 1. The van der Waals surface area contributed by atoms with Crippen molar-refractivity contribution in [3.63, 3.8) is 0 Å². The monoisotopic (exact) mass is 241 g/mol. The molecule has 0 spiro atoms. The van der Waals surface area contributed by atoms with E-state index in [-0.39, 0.29) is 6.42 Å². The molecule has 0 aliphatic heterocycles. The molecule has 82 valence electrons. The first kappa shape index (κ1) is 13.5. The molecular formula is C8H13Cl2NO3. The van der Waals surface area contributed by atoms with Crippen LogP contribution in [0.5, 0.6) is 0 Å². The van der Waals surface area contributed by atoms with Crippen molar-refractivity contribution >= 4 is 35.1 Å². The summed E-state index contributed by atoms with van der Waals surface area (Å²) in [5.74, 6) is -1.21. The minimum atomic E-state index is -1.03. The van der Waals surface area contributed by atoms with Gasteiger partial charge in [0.15, 0.2) is 4.84 Å². The lowest BCUT2D eigenvalue weighted by molar-refractivity contribution is -0.137. The first-order valence-corrected chi connectivity index (χ1v) is 5.19. The number of amides is 1. The Kier molecular flexibility index (Phi) is 7.61. The maximum Gasteiger partial charge on any atom is 0.303 e. The highest BCUT2D eigenvalue weighted by atomic mass is 35.5. The lowest BCUT2D eigenvalue weighted by atomic mass is 10.2. The number of carbonyl (C=O) groups excluding carboxylic acids is 1. The number of hydrogen-bond acceptors (Lipinski definition) is 2. The zero-order chi connectivity index (χ0) is 11.0. The summed E-state index contributed by atoms with van der Waals surface area (Å²) in [5, 5.41) is 10.8. The number of aliphatic carboxylic acids is 1. The highest BCUT2D eigenvalue weighted by molar-refractivity contribution is 6.53. The quantitative estimate of drug-likeness (QED) is 0.525. The van der Waals surface area contributed by atoms with Crippen LogP contribution in [0.15, 0.2) is 0 Å². The molecule has 0 aliphatic rings. The molecule has 0 aromatic carbocycles. The molecule has 0 aromatic rings. The number of halogens is 2. The molecule has 2 N–H and O–H groups in total. The number of unbranched alkanes of at least 4 members (excludes halogenated alkanes) is 2. The molecule has 0 aliphatic carbocycles. The molecule has 0 rings (SSSR count). The Morgan fingerprint density at radius 2 is 1.86 bits per heavy atom. The highest BCUT2D eigenvalue weighted by Crippen LogP contribution is 2.02. The molecule has 4 nitrogen and oxygen atoms in total. The number of hydrogen-bond donors (Lipinski definition) is 2. The third-order valence-corrected chi connectivity index (χ3v) is 1.96. The zero-order valence-electron chi connectivity index (χ0n) is 7.63. The number of rotatable bonds is 7. The summed E-state index contributed by atoms with van der Waals surface area (Å²) < 4.78 is 0. The lowest BCUT2D eigenvalue weighted by Gasteiger charge is -2.04. The second kappa shape index (κ2) is 7.88. The number of carbonyl (C=O) groups is 2. The van der Waals surface area contributed by atoms with Crippen molar-refractivity contribution in [3.05, 3.63) is 0 Å². The van der Waals surface area contributed by atoms with Crippen molar-refractivity contribution in [1.29, 1.82) is 0 Å². The van der Waals surface area contributed by atoms with Crippen LogP contribution in [0, 0.1) is 0 Å². The van der Waals surface area contributed by atoms with E-state index in [2.05, 4.69) is 5.32 Å². The van der Waals surface area contributed by atoms with Crippen molar-refractivity contribution in [2.24, 2.45) is 0 Å². The van der Waals surface area contributed by atoms with Crippen molar-refractivity contribution in [2.45, 2.75) is 30.5 Å². The van der Waals surface area contributed by atoms with E-state index in [1.807, 2.05) is 0 Å². The van der Waals surface area contributed by atoms with Gasteiger partial charge in [-0.25, -0.2) is 0 Å². The van der Waals surface area contributed by atoms with Gasteiger partial charge in [-0.1, -0.05) is 29.6 Å². The average Bonchev–Trinajstić information content (AvgIpc) is 2.09. The minimum Gasteiger partial charge on any atom is -0.481 e. The normalized spacial score (nSPS) is 10.2. The van der Waals surface area contributed by atoms with Crippen molar-refractivity contribution in [3.8, 4) is 0 Å². The molecule has 14 heavy (non-hydrogen) atoms. The molecule has 0 heterocycles. The predicted molar refractivity (Wildman–Crippen MR) is 54.6 cm³/mol. The summed E-state index contributed by atoms with van der Waals surface area (Å²) in [6.45, 7) is 0.481. The van der Waals surface area contributed by atoms with E-state index in [1.165, 1.54) is 0 Å². The molecule has 0 radical (unpaired) electrons. The molecule has 6 heteroatoms. The van der Waals surface area contributed by atoms with E-state index >= 15 is 0 Å². The van der Waals surface area contributed by atoms with Gasteiger partial charge in [-0.2, -0.15) is 0 Å². The Labute approximate surface area is 92.6 Å². The zero-order valence-corrected chi connectivity index (χ0v) is 9.14. The van der Waals surface area contributed by atoms with Gasteiger partial charge < -0.3 is 10.4 Å². The summed E-state index contributed by atoms with van der Waals surface area (Å²) in [6, 6.07) is 0. The molecule has 0 bridgehead atoms. The Morgan fingerprint density at radius 3 is 2.36 bits per heavy atom. The molecule has 0 fully saturated rings. The molecule has 0 atom stereocenters. The van der Waals surface area contributed by atoms with Gasteiger partial charge >= 0.3 is 5.97 Å². The first-order valence-electron chi connectivity index (χ1n) is 4.31. The highest BCUT2D eigenvalue weighted by Gasteiger charge is 2.09. The van der Waals surface area contributed by atoms with Crippen LogP contribution in [0.4, 0.5) is 0 Å². The average molecular weight is 242 g/mol. The van der Waals surface area contributed by atoms with Crippen molar-refractivity contribution in [2.75, 3.05) is 6.54 Å². The fraction of sp³-hybridized carbons (Fsp3) is 0.750. The lowest BCUT2D eigenvalue weighted by Crippen LogP contribution is -2.29. The molecule has 0 saturated heterocycles. The maximum absolute atomic E-state index is 10.8. The molecule has 0 aromatic heterocycles. The van der Waals surface area contributed by atoms with Gasteiger partial charge in [0.25, 0.3) is 5.91 Å². The van der Waals surface area contributed by atoms with Crippen LogP contribution < -0.4 is 5.32 Å². The largest absolute Gasteiger partial charge is 0.481 e. The van der Waals surface area contributed by atoms with Gasteiger partial charge in [0, 0.05) is 13.0 Å². The standard InChI is InChI=1S/C8H13Cl2NO3/c9-7(10)8(14)11-5-3-1-2-4-6(12)13/h7H,1-5H2,(H,11,14)(H,12,13). The summed E-state index contributed by atoms with van der Waals surface area (Å²) >= 11 is 10.6. The molecular weight excluding hydrogens is 229 g/mol. The summed E-state index contributed by atoms with van der Waals surface area (Å²) in [4.78, 5) is 19.9. The van der Waals surface area contributed by atoms with Crippen LogP contribution in [-0.2, 0) is 9.59 Å². The van der Waals surface area contributed by atoms with E-state index < -0.39 is 16.7 Å². The van der Waals surface area contributed by atoms with Crippen LogP contribution in [-0.4, -0.2) is 28.4 Å².